The third-order valence-electron chi connectivity index (χ3n) is 2.79. The number of benzene rings is 2. The van der Waals surface area contributed by atoms with Gasteiger partial charge in [-0.15, -0.1) is 0 Å². The fraction of sp³-hybridized carbons (Fsp3) is 0.0625. The van der Waals surface area contributed by atoms with Crippen molar-refractivity contribution in [3.8, 4) is 0 Å². The van der Waals surface area contributed by atoms with Gasteiger partial charge in [0, 0.05) is 18.3 Å². The molecule has 0 aliphatic heterocycles. The number of carbonyl (C=O) groups is 1. The van der Waals surface area contributed by atoms with Crippen molar-refractivity contribution in [3.05, 3.63) is 58.1 Å². The second-order valence-electron chi connectivity index (χ2n) is 4.76. The lowest BCUT2D eigenvalue weighted by molar-refractivity contribution is -0.114. The highest BCUT2D eigenvalue weighted by atomic mass is 35.5. The molecule has 0 heterocycles. The van der Waals surface area contributed by atoms with Gasteiger partial charge in [0.2, 0.25) is 5.91 Å². The number of hydrogen-bond acceptors (Lipinski definition) is 3. The molecule has 2 rings (SSSR count). The predicted octanol–water partition coefficient (Wildman–Crippen LogP) is 4.27. The first-order valence-corrected chi connectivity index (χ1v) is 8.03. The lowest BCUT2D eigenvalue weighted by Crippen LogP contribution is -2.23. The summed E-state index contributed by atoms with van der Waals surface area (Å²) in [6, 6.07) is 12.3. The first-order valence-electron chi connectivity index (χ1n) is 6.87. The lowest BCUT2D eigenvalue weighted by atomic mass is 10.2. The van der Waals surface area contributed by atoms with Crippen molar-refractivity contribution in [2.75, 3.05) is 10.6 Å². The van der Waals surface area contributed by atoms with Crippen LogP contribution in [0.15, 0.2) is 47.6 Å². The molecule has 124 valence electrons. The molecule has 0 radical (unpaired) electrons. The van der Waals surface area contributed by atoms with Crippen LogP contribution in [0.5, 0.6) is 0 Å². The second kappa shape index (κ2) is 8.63. The van der Waals surface area contributed by atoms with Crippen LogP contribution in [0.2, 0.25) is 10.0 Å². The third-order valence-corrected chi connectivity index (χ3v) is 3.72. The molecule has 0 saturated carbocycles. The monoisotopic (exact) mass is 380 g/mol. The summed E-state index contributed by atoms with van der Waals surface area (Å²) in [4.78, 5) is 11.0. The van der Waals surface area contributed by atoms with E-state index in [9.17, 15) is 4.79 Å². The molecule has 0 aromatic heterocycles. The van der Waals surface area contributed by atoms with Gasteiger partial charge in [-0.1, -0.05) is 35.3 Å². The van der Waals surface area contributed by atoms with E-state index in [0.717, 1.165) is 11.3 Å². The molecule has 0 aliphatic carbocycles. The molecule has 2 aromatic carbocycles. The number of carbonyl (C=O) groups excluding carboxylic acids is 1. The summed E-state index contributed by atoms with van der Waals surface area (Å²) in [6.45, 7) is 1.46. The Balaban J connectivity index is 1.87. The quantitative estimate of drug-likeness (QED) is 0.420. The summed E-state index contributed by atoms with van der Waals surface area (Å²) < 4.78 is 0. The second-order valence-corrected chi connectivity index (χ2v) is 5.98. The maximum atomic E-state index is 11.0. The molecule has 0 saturated heterocycles. The molecule has 0 atom stereocenters. The van der Waals surface area contributed by atoms with E-state index in [2.05, 4.69) is 21.2 Å². The minimum Gasteiger partial charge on any atom is -0.331 e. The lowest BCUT2D eigenvalue weighted by Gasteiger charge is -2.07. The summed E-state index contributed by atoms with van der Waals surface area (Å²) >= 11 is 16.9. The van der Waals surface area contributed by atoms with Crippen LogP contribution in [0.1, 0.15) is 12.5 Å². The number of hydrogen-bond donors (Lipinski definition) is 3. The third kappa shape index (κ3) is 5.81. The molecule has 0 bridgehead atoms. The predicted molar refractivity (Wildman–Crippen MR) is 104 cm³/mol. The highest BCUT2D eigenvalue weighted by Crippen LogP contribution is 2.24. The molecule has 1 amide bonds. The minimum absolute atomic E-state index is 0.114. The Morgan fingerprint density at radius 2 is 1.71 bits per heavy atom. The van der Waals surface area contributed by atoms with Crippen LogP contribution < -0.4 is 16.1 Å². The fourth-order valence-corrected chi connectivity index (χ4v) is 2.22. The van der Waals surface area contributed by atoms with Crippen molar-refractivity contribution < 1.29 is 4.79 Å². The van der Waals surface area contributed by atoms with Gasteiger partial charge in [-0.05, 0) is 48.1 Å². The summed E-state index contributed by atoms with van der Waals surface area (Å²) in [5.74, 6) is -0.114. The van der Waals surface area contributed by atoms with E-state index in [1.807, 2.05) is 12.1 Å². The number of amides is 1. The molecule has 5 nitrogen and oxygen atoms in total. The standard InChI is InChI=1S/C16H14Cl2N4OS/c1-10(23)20-12-4-2-11(3-5-12)9-19-22-16(24)21-13-6-7-14(17)15(18)8-13/h2-9H,1H3,(H,20,23)(H2,21,22,24)/b19-9-. The van der Waals surface area contributed by atoms with E-state index in [0.29, 0.717) is 20.8 Å². The zero-order valence-electron chi connectivity index (χ0n) is 12.6. The number of rotatable bonds is 4. The number of thiocarbonyl (C=S) groups is 1. The summed E-state index contributed by atoms with van der Waals surface area (Å²) in [7, 11) is 0. The number of anilines is 2. The van der Waals surface area contributed by atoms with E-state index in [4.69, 9.17) is 35.4 Å². The smallest absolute Gasteiger partial charge is 0.221 e. The molecule has 24 heavy (non-hydrogen) atoms. The van der Waals surface area contributed by atoms with E-state index in [1.165, 1.54) is 6.92 Å². The molecule has 0 unspecified atom stereocenters. The van der Waals surface area contributed by atoms with Crippen molar-refractivity contribution in [1.82, 2.24) is 5.43 Å². The molecular formula is C16H14Cl2N4OS. The Kier molecular flexibility index (Phi) is 6.54. The molecule has 0 spiro atoms. The van der Waals surface area contributed by atoms with Crippen molar-refractivity contribution in [1.29, 1.82) is 0 Å². The normalized spacial score (nSPS) is 10.5. The van der Waals surface area contributed by atoms with Crippen LogP contribution >= 0.6 is 35.4 Å². The number of hydrazone groups is 1. The molecular weight excluding hydrogens is 367 g/mol. The Labute approximate surface area is 155 Å². The highest BCUT2D eigenvalue weighted by Gasteiger charge is 2.01. The average molecular weight is 381 g/mol. The van der Waals surface area contributed by atoms with Gasteiger partial charge < -0.3 is 10.6 Å². The Bertz CT molecular complexity index is 778. The Hall–Kier alpha value is -2.15. The number of halogens is 2. The first kappa shape index (κ1) is 18.2. The number of nitrogens with one attached hydrogen (secondary N) is 3. The highest BCUT2D eigenvalue weighted by molar-refractivity contribution is 7.80. The Morgan fingerprint density at radius 3 is 2.33 bits per heavy atom. The summed E-state index contributed by atoms with van der Waals surface area (Å²) in [5, 5.41) is 10.9. The largest absolute Gasteiger partial charge is 0.331 e. The number of nitrogens with zero attached hydrogens (tertiary/aromatic N) is 1. The van der Waals surface area contributed by atoms with Gasteiger partial charge in [-0.25, -0.2) is 0 Å². The van der Waals surface area contributed by atoms with Crippen LogP contribution in [0.25, 0.3) is 0 Å². The van der Waals surface area contributed by atoms with Gasteiger partial charge in [-0.3, -0.25) is 10.2 Å². The zero-order chi connectivity index (χ0) is 17.5. The summed E-state index contributed by atoms with van der Waals surface area (Å²) in [6.07, 6.45) is 1.61. The van der Waals surface area contributed by atoms with Crippen molar-refractivity contribution in [3.63, 3.8) is 0 Å². The molecule has 2 aromatic rings. The van der Waals surface area contributed by atoms with Gasteiger partial charge in [0.25, 0.3) is 0 Å². The van der Waals surface area contributed by atoms with Gasteiger partial charge in [0.15, 0.2) is 5.11 Å². The topological polar surface area (TPSA) is 65.5 Å². The van der Waals surface area contributed by atoms with Gasteiger partial charge in [-0.2, -0.15) is 5.10 Å². The molecule has 0 fully saturated rings. The molecule has 3 N–H and O–H groups in total. The van der Waals surface area contributed by atoms with Crippen LogP contribution in [-0.4, -0.2) is 17.2 Å². The Morgan fingerprint density at radius 1 is 1.04 bits per heavy atom. The fourth-order valence-electron chi connectivity index (χ4n) is 1.75. The van der Waals surface area contributed by atoms with E-state index < -0.39 is 0 Å². The SMILES string of the molecule is CC(=O)Nc1ccc(/C=N\NC(=S)Nc2ccc(Cl)c(Cl)c2)cc1. The van der Waals surface area contributed by atoms with Gasteiger partial charge in [0.1, 0.15) is 0 Å². The first-order chi connectivity index (χ1) is 11.4. The van der Waals surface area contributed by atoms with Crippen LogP contribution in [0.3, 0.4) is 0 Å². The average Bonchev–Trinajstić information content (AvgIpc) is 2.52. The van der Waals surface area contributed by atoms with Crippen molar-refractivity contribution >= 4 is 64.0 Å². The van der Waals surface area contributed by atoms with Crippen molar-refractivity contribution in [2.24, 2.45) is 5.10 Å². The van der Waals surface area contributed by atoms with Crippen LogP contribution in [0, 0.1) is 0 Å². The van der Waals surface area contributed by atoms with E-state index >= 15 is 0 Å². The molecule has 0 aliphatic rings. The maximum Gasteiger partial charge on any atom is 0.221 e. The minimum atomic E-state index is -0.114. The van der Waals surface area contributed by atoms with Crippen LogP contribution in [0.4, 0.5) is 11.4 Å². The van der Waals surface area contributed by atoms with E-state index in [1.54, 1.807) is 36.5 Å². The van der Waals surface area contributed by atoms with Gasteiger partial charge in [0.05, 0.1) is 16.3 Å². The van der Waals surface area contributed by atoms with Crippen LogP contribution in [-0.2, 0) is 4.79 Å². The maximum absolute atomic E-state index is 11.0. The van der Waals surface area contributed by atoms with E-state index in [-0.39, 0.29) is 5.91 Å². The van der Waals surface area contributed by atoms with Crippen molar-refractivity contribution in [2.45, 2.75) is 6.92 Å². The molecule has 8 heteroatoms. The zero-order valence-corrected chi connectivity index (χ0v) is 15.0. The summed E-state index contributed by atoms with van der Waals surface area (Å²) in [5.41, 5.74) is 4.99. The van der Waals surface area contributed by atoms with Gasteiger partial charge >= 0.3 is 0 Å².